The topological polar surface area (TPSA) is 95.5 Å². The van der Waals surface area contributed by atoms with Gasteiger partial charge in [-0.15, -0.1) is 0 Å². The molecule has 0 saturated carbocycles. The molecule has 0 bridgehead atoms. The minimum absolute atomic E-state index is 0. The van der Waals surface area contributed by atoms with Gasteiger partial charge in [-0.25, -0.2) is 8.42 Å². The third-order valence-corrected chi connectivity index (χ3v) is 4.76. The van der Waals surface area contributed by atoms with E-state index in [9.17, 15) is 18.3 Å². The van der Waals surface area contributed by atoms with Gasteiger partial charge in [-0.2, -0.15) is 0 Å². The number of nitrogens with one attached hydrogen (secondary N) is 1. The van der Waals surface area contributed by atoms with E-state index in [2.05, 4.69) is 20.7 Å². The summed E-state index contributed by atoms with van der Waals surface area (Å²) in [5.41, 5.74) is 0.197. The molecule has 6 nitrogen and oxygen atoms in total. The summed E-state index contributed by atoms with van der Waals surface area (Å²) in [5, 5.41) is 10.7. The van der Waals surface area contributed by atoms with Gasteiger partial charge in [-0.3, -0.25) is 4.72 Å². The number of halogens is 1. The number of aromatic carboxylic acids is 1. The molecule has 1 N–H and O–H groups in total. The molecule has 1 radical (unpaired) electrons. The molecule has 2 aromatic rings. The van der Waals surface area contributed by atoms with Crippen molar-refractivity contribution in [1.29, 1.82) is 0 Å². The summed E-state index contributed by atoms with van der Waals surface area (Å²) in [6, 6.07) is 9.89. The molecule has 9 heteroatoms. The monoisotopic (exact) mass is 437 g/mol. The summed E-state index contributed by atoms with van der Waals surface area (Å²) in [7, 11) is -3.89. The van der Waals surface area contributed by atoms with Crippen LogP contribution < -0.4 is 14.6 Å². The average molecular weight is 438 g/mol. The molecule has 0 aliphatic heterocycles. The first-order valence-electron chi connectivity index (χ1n) is 6.60. The first-order chi connectivity index (χ1) is 10.8. The molecule has 0 fully saturated rings. The second kappa shape index (κ2) is 9.32. The normalized spacial score (nSPS) is 10.6. The largest absolute Gasteiger partial charge is 0.545 e. The number of anilines is 1. The van der Waals surface area contributed by atoms with Gasteiger partial charge in [-0.05, 0) is 42.8 Å². The zero-order chi connectivity index (χ0) is 17.0. The molecule has 0 amide bonds. The molecule has 0 heterocycles. The fourth-order valence-electron chi connectivity index (χ4n) is 1.85. The minimum Gasteiger partial charge on any atom is -0.545 e. The molecule has 0 aromatic heterocycles. The van der Waals surface area contributed by atoms with Crippen molar-refractivity contribution < 1.29 is 23.1 Å². The van der Waals surface area contributed by atoms with E-state index >= 15 is 0 Å². The van der Waals surface area contributed by atoms with Crippen LogP contribution in [0.3, 0.4) is 0 Å². The number of ether oxygens (including phenoxy) is 1. The van der Waals surface area contributed by atoms with Gasteiger partial charge >= 0.3 is 0 Å². The molecule has 0 aliphatic carbocycles. The van der Waals surface area contributed by atoms with E-state index < -0.39 is 16.0 Å². The minimum atomic E-state index is -3.89. The molecular formula is C15H13BrKNO5S-. The van der Waals surface area contributed by atoms with Crippen LogP contribution in [0.25, 0.3) is 0 Å². The summed E-state index contributed by atoms with van der Waals surface area (Å²) in [5.74, 6) is -1.10. The second-order valence-electron chi connectivity index (χ2n) is 4.49. The van der Waals surface area contributed by atoms with Crippen molar-refractivity contribution >= 4 is 89.0 Å². The van der Waals surface area contributed by atoms with Crippen molar-refractivity contribution in [3.8, 4) is 5.75 Å². The van der Waals surface area contributed by atoms with Crippen LogP contribution in [0.15, 0.2) is 51.8 Å². The van der Waals surface area contributed by atoms with Crippen LogP contribution in [0.5, 0.6) is 5.75 Å². The van der Waals surface area contributed by atoms with Crippen LogP contribution >= 0.6 is 15.9 Å². The Balaban J connectivity index is 0.00000288. The molecule has 0 spiro atoms. The van der Waals surface area contributed by atoms with Crippen LogP contribution in [0.4, 0.5) is 5.69 Å². The Bertz CT molecular complexity index is 824. The van der Waals surface area contributed by atoms with E-state index in [0.717, 1.165) is 0 Å². The summed E-state index contributed by atoms with van der Waals surface area (Å²) in [6.45, 7) is 2.08. The number of carbonyl (C=O) groups excluding carboxylic acids is 1. The molecule has 0 aliphatic rings. The summed E-state index contributed by atoms with van der Waals surface area (Å²) >= 11 is 3.23. The molecule has 0 unspecified atom stereocenters. The number of hydrogen-bond acceptors (Lipinski definition) is 5. The van der Waals surface area contributed by atoms with Crippen molar-refractivity contribution in [2.24, 2.45) is 0 Å². The Hall–Kier alpha value is -0.424. The Labute approximate surface area is 191 Å². The zero-order valence-electron chi connectivity index (χ0n) is 13.1. The van der Waals surface area contributed by atoms with Crippen molar-refractivity contribution in [2.75, 3.05) is 11.3 Å². The van der Waals surface area contributed by atoms with E-state index in [-0.39, 0.29) is 73.3 Å². The Morgan fingerprint density at radius 3 is 2.38 bits per heavy atom. The number of rotatable bonds is 6. The van der Waals surface area contributed by atoms with Gasteiger partial charge in [0.25, 0.3) is 10.0 Å². The molecule has 24 heavy (non-hydrogen) atoms. The fraction of sp³-hybridized carbons (Fsp3) is 0.133. The number of carboxylic acids is 1. The van der Waals surface area contributed by atoms with Gasteiger partial charge in [0.2, 0.25) is 0 Å². The number of carbonyl (C=O) groups is 1. The van der Waals surface area contributed by atoms with Crippen LogP contribution in [-0.4, -0.2) is 72.4 Å². The standard InChI is InChI=1S/C15H14BrNO5S.K/c1-2-22-13-8-5-11(16)9-14(13)23(20,21)17-12-6-3-10(4-7-12)15(18)19;/h3-9,17H,2H2,1H3,(H,18,19);/p-1. The van der Waals surface area contributed by atoms with Gasteiger partial charge < -0.3 is 14.6 Å². The number of carboxylic acid groups (broad SMARTS) is 1. The summed E-state index contributed by atoms with van der Waals surface area (Å²) < 4.78 is 33.4. The molecule has 2 aromatic carbocycles. The SMILES string of the molecule is CCOc1ccc(Br)cc1S(=O)(=O)Nc1ccc(C(=O)[O-])cc1.[K]. The average Bonchev–Trinajstić information content (AvgIpc) is 2.49. The maximum Gasteiger partial charge on any atom is 0.265 e. The van der Waals surface area contributed by atoms with Crippen LogP contribution in [0.2, 0.25) is 0 Å². The van der Waals surface area contributed by atoms with Gasteiger partial charge in [0.1, 0.15) is 10.6 Å². The predicted molar refractivity (Wildman–Crippen MR) is 92.6 cm³/mol. The smallest absolute Gasteiger partial charge is 0.265 e. The van der Waals surface area contributed by atoms with Gasteiger partial charge in [0.05, 0.1) is 12.6 Å². The molecule has 123 valence electrons. The van der Waals surface area contributed by atoms with Crippen LogP contribution in [0, 0.1) is 0 Å². The number of hydrogen-bond donors (Lipinski definition) is 1. The van der Waals surface area contributed by atoms with Crippen molar-refractivity contribution in [3.05, 3.63) is 52.5 Å². The van der Waals surface area contributed by atoms with E-state index in [1.54, 1.807) is 19.1 Å². The fourth-order valence-corrected chi connectivity index (χ4v) is 3.59. The molecule has 0 saturated heterocycles. The second-order valence-corrected chi connectivity index (χ2v) is 7.06. The summed E-state index contributed by atoms with van der Waals surface area (Å²) in [6.07, 6.45) is 0. The third kappa shape index (κ3) is 5.55. The maximum atomic E-state index is 12.5. The van der Waals surface area contributed by atoms with E-state index in [0.29, 0.717) is 11.1 Å². The van der Waals surface area contributed by atoms with Gasteiger partial charge in [0, 0.05) is 61.5 Å². The Morgan fingerprint density at radius 1 is 1.21 bits per heavy atom. The quantitative estimate of drug-likeness (QED) is 0.692. The molecule has 2 rings (SSSR count). The van der Waals surface area contributed by atoms with E-state index in [1.165, 1.54) is 30.3 Å². The number of sulfonamides is 1. The van der Waals surface area contributed by atoms with Gasteiger partial charge in [-0.1, -0.05) is 28.1 Å². The summed E-state index contributed by atoms with van der Waals surface area (Å²) in [4.78, 5) is 10.7. The van der Waals surface area contributed by atoms with Gasteiger partial charge in [0.15, 0.2) is 0 Å². The van der Waals surface area contributed by atoms with Crippen LogP contribution in [0.1, 0.15) is 17.3 Å². The van der Waals surface area contributed by atoms with Crippen molar-refractivity contribution in [3.63, 3.8) is 0 Å². The Kier molecular flexibility index (Phi) is 8.40. The molecular weight excluding hydrogens is 425 g/mol. The van der Waals surface area contributed by atoms with Crippen molar-refractivity contribution in [2.45, 2.75) is 11.8 Å². The predicted octanol–water partition coefficient (Wildman–Crippen LogP) is 1.63. The van der Waals surface area contributed by atoms with E-state index in [1.807, 2.05) is 0 Å². The Morgan fingerprint density at radius 2 is 1.83 bits per heavy atom. The first-order valence-corrected chi connectivity index (χ1v) is 8.87. The third-order valence-electron chi connectivity index (χ3n) is 2.87. The first kappa shape index (κ1) is 21.6. The zero-order valence-corrected chi connectivity index (χ0v) is 18.6. The molecule has 0 atom stereocenters. The van der Waals surface area contributed by atoms with Crippen molar-refractivity contribution in [1.82, 2.24) is 0 Å². The van der Waals surface area contributed by atoms with E-state index in [4.69, 9.17) is 4.74 Å². The van der Waals surface area contributed by atoms with Crippen LogP contribution in [-0.2, 0) is 10.0 Å². The maximum absolute atomic E-state index is 12.5. The number of benzene rings is 2.